The monoisotopic (exact) mass is 564 g/mol. The van der Waals surface area contributed by atoms with E-state index >= 15 is 0 Å². The Bertz CT molecular complexity index is 2510. The fourth-order valence-electron chi connectivity index (χ4n) is 6.47. The average molecular weight is 565 g/mol. The van der Waals surface area contributed by atoms with E-state index in [-0.39, 0.29) is 0 Å². The summed E-state index contributed by atoms with van der Waals surface area (Å²) in [5, 5.41) is 7.26. The maximum Gasteiger partial charge on any atom is 0.0979 e. The molecule has 0 unspecified atom stereocenters. The van der Waals surface area contributed by atoms with Crippen LogP contribution in [0, 0.1) is 0 Å². The van der Waals surface area contributed by atoms with Crippen molar-refractivity contribution < 1.29 is 0 Å². The van der Waals surface area contributed by atoms with Crippen LogP contribution in [0.1, 0.15) is 0 Å². The van der Waals surface area contributed by atoms with E-state index in [0.29, 0.717) is 0 Å². The van der Waals surface area contributed by atoms with E-state index in [1.807, 2.05) is 17.4 Å². The molecule has 0 spiro atoms. The molecule has 0 fully saturated rings. The van der Waals surface area contributed by atoms with Crippen molar-refractivity contribution in [3.63, 3.8) is 0 Å². The largest absolute Gasteiger partial charge is 0.243 e. The van der Waals surface area contributed by atoms with Crippen LogP contribution in [-0.2, 0) is 0 Å². The van der Waals surface area contributed by atoms with Crippen molar-refractivity contribution in [2.45, 2.75) is 0 Å². The molecule has 2 heterocycles. The van der Waals surface area contributed by atoms with Crippen molar-refractivity contribution in [3.8, 4) is 33.6 Å². The molecule has 0 saturated carbocycles. The maximum absolute atomic E-state index is 5.47. The second-order valence-corrected chi connectivity index (χ2v) is 12.0. The van der Waals surface area contributed by atoms with Crippen LogP contribution in [0.2, 0.25) is 0 Å². The van der Waals surface area contributed by atoms with E-state index < -0.39 is 0 Å². The van der Waals surface area contributed by atoms with E-state index in [0.717, 1.165) is 44.3 Å². The summed E-state index contributed by atoms with van der Waals surface area (Å²) < 4.78 is 2.62. The summed E-state index contributed by atoms with van der Waals surface area (Å²) in [5.74, 6) is 0. The summed E-state index contributed by atoms with van der Waals surface area (Å²) in [6, 6.07) is 51.7. The summed E-state index contributed by atoms with van der Waals surface area (Å²) >= 11 is 1.86. The first-order valence-electron chi connectivity index (χ1n) is 14.5. The Morgan fingerprint density at radius 1 is 0.372 bits per heavy atom. The summed E-state index contributed by atoms with van der Waals surface area (Å²) in [5.41, 5.74) is 8.19. The molecular formula is C40H24N2S. The van der Waals surface area contributed by atoms with Crippen LogP contribution in [-0.4, -0.2) is 9.97 Å². The Kier molecular flexibility index (Phi) is 5.40. The van der Waals surface area contributed by atoms with Gasteiger partial charge in [0.1, 0.15) is 0 Å². The molecule has 200 valence electrons. The molecular weight excluding hydrogens is 541 g/mol. The van der Waals surface area contributed by atoms with E-state index in [1.165, 1.54) is 42.1 Å². The molecule has 0 aliphatic carbocycles. The summed E-state index contributed by atoms with van der Waals surface area (Å²) in [7, 11) is 0. The molecule has 3 heteroatoms. The summed E-state index contributed by atoms with van der Waals surface area (Å²) in [4.78, 5) is 10.9. The lowest BCUT2D eigenvalue weighted by molar-refractivity contribution is 1.31. The first kappa shape index (κ1) is 24.2. The minimum absolute atomic E-state index is 0.893. The first-order valence-corrected chi connectivity index (χ1v) is 15.3. The molecule has 0 atom stereocenters. The van der Waals surface area contributed by atoms with Crippen LogP contribution >= 0.6 is 11.3 Å². The number of nitrogens with zero attached hydrogens (tertiary/aromatic N) is 2. The third-order valence-electron chi connectivity index (χ3n) is 8.45. The number of thiophene rings is 1. The zero-order valence-corrected chi connectivity index (χ0v) is 24.0. The summed E-state index contributed by atoms with van der Waals surface area (Å²) in [6.45, 7) is 0. The normalized spacial score (nSPS) is 11.7. The van der Waals surface area contributed by atoms with Crippen molar-refractivity contribution in [1.82, 2.24) is 9.97 Å². The number of fused-ring (bicyclic) bond motifs is 9. The Hall–Kier alpha value is -5.38. The summed E-state index contributed by atoms with van der Waals surface area (Å²) in [6.07, 6.45) is 0. The molecule has 0 N–H and O–H groups in total. The lowest BCUT2D eigenvalue weighted by Crippen LogP contribution is -1.97. The van der Waals surface area contributed by atoms with Crippen LogP contribution in [0.3, 0.4) is 0 Å². The number of aromatic nitrogens is 2. The van der Waals surface area contributed by atoms with Crippen molar-refractivity contribution in [3.05, 3.63) is 146 Å². The number of rotatable bonds is 3. The fourth-order valence-corrected chi connectivity index (χ4v) is 7.71. The van der Waals surface area contributed by atoms with Crippen molar-refractivity contribution in [2.75, 3.05) is 0 Å². The maximum atomic E-state index is 5.47. The number of hydrogen-bond donors (Lipinski definition) is 0. The lowest BCUT2D eigenvalue weighted by Gasteiger charge is -2.15. The minimum atomic E-state index is 0.893. The molecule has 0 bridgehead atoms. The highest BCUT2D eigenvalue weighted by Crippen LogP contribution is 2.42. The predicted molar refractivity (Wildman–Crippen MR) is 184 cm³/mol. The topological polar surface area (TPSA) is 25.8 Å². The molecule has 9 aromatic rings. The van der Waals surface area contributed by atoms with Crippen LogP contribution in [0.5, 0.6) is 0 Å². The Morgan fingerprint density at radius 3 is 1.60 bits per heavy atom. The average Bonchev–Trinajstić information content (AvgIpc) is 3.47. The molecule has 2 nitrogen and oxygen atoms in total. The van der Waals surface area contributed by atoms with E-state index in [2.05, 4.69) is 140 Å². The predicted octanol–water partition coefficient (Wildman–Crippen LogP) is 11.3. The van der Waals surface area contributed by atoms with Gasteiger partial charge < -0.3 is 0 Å². The van der Waals surface area contributed by atoms with Crippen molar-refractivity contribution in [1.29, 1.82) is 0 Å². The van der Waals surface area contributed by atoms with Gasteiger partial charge in [-0.1, -0.05) is 133 Å². The van der Waals surface area contributed by atoms with Crippen LogP contribution in [0.15, 0.2) is 146 Å². The van der Waals surface area contributed by atoms with Gasteiger partial charge in [0.25, 0.3) is 0 Å². The molecule has 0 saturated heterocycles. The Morgan fingerprint density at radius 2 is 0.884 bits per heavy atom. The molecule has 9 rings (SSSR count). The smallest absolute Gasteiger partial charge is 0.0979 e. The van der Waals surface area contributed by atoms with Gasteiger partial charge in [-0.05, 0) is 34.0 Å². The fraction of sp³-hybridized carbons (Fsp3) is 0. The quantitative estimate of drug-likeness (QED) is 0.199. The van der Waals surface area contributed by atoms with Crippen molar-refractivity contribution in [2.24, 2.45) is 0 Å². The second kappa shape index (κ2) is 9.59. The number of hydrogen-bond acceptors (Lipinski definition) is 3. The third kappa shape index (κ3) is 3.79. The number of benzene rings is 7. The third-order valence-corrected chi connectivity index (χ3v) is 9.67. The van der Waals surface area contributed by atoms with E-state index in [1.54, 1.807) is 0 Å². The lowest BCUT2D eigenvalue weighted by atomic mass is 9.96. The van der Waals surface area contributed by atoms with Crippen molar-refractivity contribution >= 4 is 64.1 Å². The highest BCUT2D eigenvalue weighted by molar-refractivity contribution is 7.26. The second-order valence-electron chi connectivity index (χ2n) is 10.9. The zero-order chi connectivity index (χ0) is 28.3. The standard InChI is InChI=1S/C40H24N2S/c1-2-12-25(13-3-1)36-37(42-39-33-20-7-5-17-30(33)29-16-4-6-19-32(29)38(39)41-36)27-15-10-14-26(24-27)28-21-11-22-34-31-18-8-9-23-35(31)43-40(28)34/h1-24H. The van der Waals surface area contributed by atoms with Crippen LogP contribution < -0.4 is 0 Å². The molecule has 2 aromatic heterocycles. The van der Waals surface area contributed by atoms with Gasteiger partial charge in [-0.15, -0.1) is 11.3 Å². The van der Waals surface area contributed by atoms with Gasteiger partial charge in [-0.3, -0.25) is 0 Å². The zero-order valence-electron chi connectivity index (χ0n) is 23.2. The van der Waals surface area contributed by atoms with Gasteiger partial charge in [0, 0.05) is 42.1 Å². The first-order chi connectivity index (χ1) is 21.3. The van der Waals surface area contributed by atoms with Gasteiger partial charge in [0.05, 0.1) is 22.4 Å². The Labute approximate surface area is 252 Å². The van der Waals surface area contributed by atoms with Gasteiger partial charge in [0.2, 0.25) is 0 Å². The van der Waals surface area contributed by atoms with E-state index in [4.69, 9.17) is 9.97 Å². The SMILES string of the molecule is c1ccc(-c2nc3c4ccccc4c4ccccc4c3nc2-c2cccc(-c3cccc4c3sc3ccccc34)c2)cc1. The van der Waals surface area contributed by atoms with Gasteiger partial charge in [-0.2, -0.15) is 0 Å². The molecule has 0 radical (unpaired) electrons. The molecule has 0 aliphatic rings. The van der Waals surface area contributed by atoms with Gasteiger partial charge >= 0.3 is 0 Å². The van der Waals surface area contributed by atoms with Gasteiger partial charge in [0.15, 0.2) is 0 Å². The molecule has 0 aliphatic heterocycles. The minimum Gasteiger partial charge on any atom is -0.243 e. The van der Waals surface area contributed by atoms with Crippen LogP contribution in [0.25, 0.3) is 86.4 Å². The highest BCUT2D eigenvalue weighted by Gasteiger charge is 2.18. The van der Waals surface area contributed by atoms with Gasteiger partial charge in [-0.25, -0.2) is 9.97 Å². The molecule has 7 aromatic carbocycles. The van der Waals surface area contributed by atoms with E-state index in [9.17, 15) is 0 Å². The highest BCUT2D eigenvalue weighted by atomic mass is 32.1. The Balaban J connectivity index is 1.34. The molecule has 43 heavy (non-hydrogen) atoms. The molecule has 0 amide bonds. The van der Waals surface area contributed by atoms with Crippen LogP contribution in [0.4, 0.5) is 0 Å².